The van der Waals surface area contributed by atoms with Gasteiger partial charge in [0.15, 0.2) is 0 Å². The summed E-state index contributed by atoms with van der Waals surface area (Å²) in [5.41, 5.74) is 1.53. The predicted octanol–water partition coefficient (Wildman–Crippen LogP) is 3.07. The van der Waals surface area contributed by atoms with E-state index in [0.29, 0.717) is 23.5 Å². The molecule has 1 aromatic carbocycles. The minimum atomic E-state index is -0.523. The molecule has 1 amide bonds. The van der Waals surface area contributed by atoms with Gasteiger partial charge in [-0.15, -0.1) is 11.3 Å². The number of esters is 1. The zero-order valence-electron chi connectivity index (χ0n) is 15.0. The molecule has 8 nitrogen and oxygen atoms in total. The molecule has 0 unspecified atom stereocenters. The minimum Gasteiger partial charge on any atom is -0.462 e. The molecule has 1 aromatic heterocycles. The maximum absolute atomic E-state index is 12.6. The van der Waals surface area contributed by atoms with Crippen LogP contribution in [-0.2, 0) is 17.7 Å². The molecule has 1 aliphatic heterocycles. The predicted molar refractivity (Wildman–Crippen MR) is 101 cm³/mol. The molecule has 2 aromatic rings. The SMILES string of the molecule is CCOC(=O)c1c(NC(=O)c2ccc([N+](=O)[O-])cc2)sc2c1CCN(C)C2. The molecule has 1 aliphatic rings. The van der Waals surface area contributed by atoms with Crippen LogP contribution >= 0.6 is 11.3 Å². The first kappa shape index (κ1) is 19.0. The molecule has 0 radical (unpaired) electrons. The van der Waals surface area contributed by atoms with E-state index in [-0.39, 0.29) is 17.9 Å². The first-order valence-electron chi connectivity index (χ1n) is 8.46. The summed E-state index contributed by atoms with van der Waals surface area (Å²) in [5.74, 6) is -0.874. The Balaban J connectivity index is 1.90. The highest BCUT2D eigenvalue weighted by atomic mass is 32.1. The lowest BCUT2D eigenvalue weighted by atomic mass is 10.0. The van der Waals surface area contributed by atoms with Crippen molar-refractivity contribution in [3.8, 4) is 0 Å². The standard InChI is InChI=1S/C18H19N3O5S/c1-3-26-18(23)15-13-8-9-20(2)10-14(13)27-17(15)19-16(22)11-4-6-12(7-5-11)21(24)25/h4-7H,3,8-10H2,1-2H3,(H,19,22). The maximum atomic E-state index is 12.6. The number of fused-ring (bicyclic) bond motifs is 1. The number of anilines is 1. The molecule has 1 N–H and O–H groups in total. The molecule has 0 saturated carbocycles. The number of hydrogen-bond acceptors (Lipinski definition) is 7. The summed E-state index contributed by atoms with van der Waals surface area (Å²) >= 11 is 1.37. The number of likely N-dealkylation sites (N-methyl/N-ethyl adjacent to an activating group) is 1. The van der Waals surface area contributed by atoms with Gasteiger partial charge in [0.05, 0.1) is 17.1 Å². The zero-order chi connectivity index (χ0) is 19.6. The van der Waals surface area contributed by atoms with Crippen LogP contribution in [-0.4, -0.2) is 41.9 Å². The quantitative estimate of drug-likeness (QED) is 0.479. The molecule has 0 bridgehead atoms. The van der Waals surface area contributed by atoms with E-state index in [1.165, 1.54) is 35.6 Å². The van der Waals surface area contributed by atoms with Crippen LogP contribution in [0.25, 0.3) is 0 Å². The zero-order valence-corrected chi connectivity index (χ0v) is 15.8. The van der Waals surface area contributed by atoms with Gasteiger partial charge in [-0.3, -0.25) is 14.9 Å². The topological polar surface area (TPSA) is 102 Å². The molecule has 2 heterocycles. The van der Waals surface area contributed by atoms with Crippen LogP contribution in [0.4, 0.5) is 10.7 Å². The molecular weight excluding hydrogens is 370 g/mol. The number of nitro groups is 1. The normalized spacial score (nSPS) is 13.7. The fraction of sp³-hybridized carbons (Fsp3) is 0.333. The van der Waals surface area contributed by atoms with Crippen molar-refractivity contribution in [2.24, 2.45) is 0 Å². The molecule has 27 heavy (non-hydrogen) atoms. The highest BCUT2D eigenvalue weighted by molar-refractivity contribution is 7.17. The van der Waals surface area contributed by atoms with E-state index in [1.54, 1.807) is 6.92 Å². The third kappa shape index (κ3) is 3.99. The molecular formula is C18H19N3O5S. The van der Waals surface area contributed by atoms with Gasteiger partial charge < -0.3 is 15.0 Å². The number of hydrogen-bond donors (Lipinski definition) is 1. The Kier molecular flexibility index (Phi) is 5.52. The number of rotatable bonds is 5. The molecule has 3 rings (SSSR count). The van der Waals surface area contributed by atoms with Crippen LogP contribution in [0.1, 0.15) is 38.1 Å². The monoisotopic (exact) mass is 389 g/mol. The lowest BCUT2D eigenvalue weighted by Crippen LogP contribution is -2.26. The van der Waals surface area contributed by atoms with Crippen LogP contribution < -0.4 is 5.32 Å². The van der Waals surface area contributed by atoms with Crippen molar-refractivity contribution in [1.29, 1.82) is 0 Å². The van der Waals surface area contributed by atoms with E-state index in [2.05, 4.69) is 10.2 Å². The second kappa shape index (κ2) is 7.85. The number of nitro benzene ring substituents is 1. The van der Waals surface area contributed by atoms with Gasteiger partial charge in [-0.1, -0.05) is 0 Å². The van der Waals surface area contributed by atoms with Crippen LogP contribution in [0.15, 0.2) is 24.3 Å². The Morgan fingerprint density at radius 2 is 2.04 bits per heavy atom. The van der Waals surface area contributed by atoms with Gasteiger partial charge in [0.25, 0.3) is 11.6 Å². The number of ether oxygens (including phenoxy) is 1. The fourth-order valence-corrected chi connectivity index (χ4v) is 4.26. The number of thiophene rings is 1. The van der Waals surface area contributed by atoms with Crippen molar-refractivity contribution in [3.63, 3.8) is 0 Å². The summed E-state index contributed by atoms with van der Waals surface area (Å²) in [6.45, 7) is 3.52. The van der Waals surface area contributed by atoms with E-state index >= 15 is 0 Å². The second-order valence-corrected chi connectivity index (χ2v) is 7.28. The van der Waals surface area contributed by atoms with E-state index in [1.807, 2.05) is 7.05 Å². The van der Waals surface area contributed by atoms with Crippen LogP contribution in [0, 0.1) is 10.1 Å². The Bertz CT molecular complexity index is 891. The highest BCUT2D eigenvalue weighted by Gasteiger charge is 2.28. The summed E-state index contributed by atoms with van der Waals surface area (Å²) in [6.07, 6.45) is 0.712. The summed E-state index contributed by atoms with van der Waals surface area (Å²) in [6, 6.07) is 5.32. The van der Waals surface area contributed by atoms with Gasteiger partial charge in [0.1, 0.15) is 5.00 Å². The summed E-state index contributed by atoms with van der Waals surface area (Å²) in [4.78, 5) is 38.4. The minimum absolute atomic E-state index is 0.0895. The average Bonchev–Trinajstić information content (AvgIpc) is 2.98. The number of non-ortho nitro benzene ring substituents is 1. The summed E-state index contributed by atoms with van der Waals surface area (Å²) < 4.78 is 5.18. The van der Waals surface area contributed by atoms with Crippen molar-refractivity contribution in [2.75, 3.05) is 25.5 Å². The number of nitrogens with one attached hydrogen (secondary N) is 1. The largest absolute Gasteiger partial charge is 0.462 e. The number of carbonyl (C=O) groups excluding carboxylic acids is 2. The lowest BCUT2D eigenvalue weighted by Gasteiger charge is -2.22. The lowest BCUT2D eigenvalue weighted by molar-refractivity contribution is -0.384. The van der Waals surface area contributed by atoms with Crippen LogP contribution in [0.3, 0.4) is 0 Å². The highest BCUT2D eigenvalue weighted by Crippen LogP contribution is 2.37. The van der Waals surface area contributed by atoms with Gasteiger partial charge in [0, 0.05) is 35.7 Å². The summed E-state index contributed by atoms with van der Waals surface area (Å²) in [7, 11) is 2.00. The van der Waals surface area contributed by atoms with E-state index in [4.69, 9.17) is 4.74 Å². The Morgan fingerprint density at radius 3 is 2.67 bits per heavy atom. The maximum Gasteiger partial charge on any atom is 0.341 e. The molecule has 0 saturated heterocycles. The van der Waals surface area contributed by atoms with Crippen molar-refractivity contribution >= 4 is 33.9 Å². The molecule has 0 spiro atoms. The van der Waals surface area contributed by atoms with Crippen LogP contribution in [0.2, 0.25) is 0 Å². The summed E-state index contributed by atoms with van der Waals surface area (Å²) in [5, 5.41) is 14.0. The Labute approximate surface area is 159 Å². The van der Waals surface area contributed by atoms with Gasteiger partial charge in [0.2, 0.25) is 0 Å². The third-order valence-corrected chi connectivity index (χ3v) is 5.43. The van der Waals surface area contributed by atoms with E-state index < -0.39 is 16.8 Å². The van der Waals surface area contributed by atoms with E-state index in [9.17, 15) is 19.7 Å². The van der Waals surface area contributed by atoms with Gasteiger partial charge in [-0.2, -0.15) is 0 Å². The Morgan fingerprint density at radius 1 is 1.33 bits per heavy atom. The fourth-order valence-electron chi connectivity index (χ4n) is 2.95. The number of benzene rings is 1. The number of amides is 1. The third-order valence-electron chi connectivity index (χ3n) is 4.29. The van der Waals surface area contributed by atoms with Gasteiger partial charge in [-0.05, 0) is 38.1 Å². The molecule has 142 valence electrons. The molecule has 0 atom stereocenters. The molecule has 9 heteroatoms. The second-order valence-electron chi connectivity index (χ2n) is 6.17. The first-order chi connectivity index (χ1) is 12.9. The van der Waals surface area contributed by atoms with Crippen molar-refractivity contribution < 1.29 is 19.2 Å². The molecule has 0 fully saturated rings. The number of carbonyl (C=O) groups is 2. The number of nitrogens with zero attached hydrogens (tertiary/aromatic N) is 2. The van der Waals surface area contributed by atoms with Crippen molar-refractivity contribution in [2.45, 2.75) is 19.9 Å². The first-order valence-corrected chi connectivity index (χ1v) is 9.28. The van der Waals surface area contributed by atoms with E-state index in [0.717, 1.165) is 17.0 Å². The van der Waals surface area contributed by atoms with Crippen molar-refractivity contribution in [3.05, 3.63) is 55.9 Å². The smallest absolute Gasteiger partial charge is 0.341 e. The average molecular weight is 389 g/mol. The van der Waals surface area contributed by atoms with Gasteiger partial charge in [-0.25, -0.2) is 4.79 Å². The molecule has 0 aliphatic carbocycles. The van der Waals surface area contributed by atoms with Crippen LogP contribution in [0.5, 0.6) is 0 Å². The van der Waals surface area contributed by atoms with Crippen molar-refractivity contribution in [1.82, 2.24) is 4.90 Å². The van der Waals surface area contributed by atoms with Gasteiger partial charge >= 0.3 is 5.97 Å². The Hall–Kier alpha value is -2.78.